The monoisotopic (exact) mass is 614 g/mol. The summed E-state index contributed by atoms with van der Waals surface area (Å²) < 4.78 is 74.2. The Morgan fingerprint density at radius 3 is 2.05 bits per heavy atom. The Kier molecular flexibility index (Phi) is 6.96. The van der Waals surface area contributed by atoms with Gasteiger partial charge in [-0.2, -0.15) is 16.8 Å². The first-order chi connectivity index (χ1) is 19.6. The second-order valence-electron chi connectivity index (χ2n) is 12.8. The van der Waals surface area contributed by atoms with Crippen molar-refractivity contribution in [3.8, 4) is 11.5 Å². The van der Waals surface area contributed by atoms with Gasteiger partial charge in [0, 0.05) is 10.8 Å². The zero-order valence-corrected chi connectivity index (χ0v) is 25.0. The fourth-order valence-corrected chi connectivity index (χ4v) is 9.59. The minimum Gasteiger partial charge on any atom is -0.507 e. The van der Waals surface area contributed by atoms with Gasteiger partial charge < -0.3 is 9.84 Å². The molecule has 0 aromatic heterocycles. The van der Waals surface area contributed by atoms with Gasteiger partial charge in [-0.1, -0.05) is 19.1 Å². The number of benzene rings is 3. The normalized spacial score (nSPS) is 26.0. The van der Waals surface area contributed by atoms with Crippen molar-refractivity contribution in [2.24, 2.45) is 23.2 Å². The lowest BCUT2D eigenvalue weighted by atomic mass is 9.49. The van der Waals surface area contributed by atoms with Gasteiger partial charge in [0.25, 0.3) is 20.2 Å². The lowest BCUT2D eigenvalue weighted by Gasteiger charge is -2.55. The number of hydrogen-bond acceptors (Lipinski definition) is 7. The fraction of sp³-hybridized carbons (Fsp3) is 0.452. The predicted octanol–water partition coefficient (Wildman–Crippen LogP) is 5.82. The van der Waals surface area contributed by atoms with Crippen molar-refractivity contribution in [3.63, 3.8) is 0 Å². The summed E-state index contributed by atoms with van der Waals surface area (Å²) in [6, 6.07) is 9.95. The van der Waals surface area contributed by atoms with Crippen molar-refractivity contribution in [2.45, 2.75) is 74.5 Å². The molecule has 4 fully saturated rings. The van der Waals surface area contributed by atoms with Crippen LogP contribution in [0.1, 0.15) is 68.1 Å². The average Bonchev–Trinajstić information content (AvgIpc) is 2.86. The standard InChI is InChI=1S/C31H34O9S2/c1-17(7-19-3-4-23-25(12-19)28(41(34,35)36)6-5-26(23)32)24-13-29(42(37,38)39)18(2)8-27(24)40-30(33)31-14-20-9-21(15-31)11-22(10-20)16-31/h3-6,8,12-13,17,20-22,32H,7,9-11,14-16H2,1-2H3,(H,34,35,36)(H,37,38,39). The molecule has 0 radical (unpaired) electrons. The summed E-state index contributed by atoms with van der Waals surface area (Å²) in [7, 11) is -9.14. The van der Waals surface area contributed by atoms with Gasteiger partial charge in [0.05, 0.1) is 10.3 Å². The molecule has 1 atom stereocenters. The average molecular weight is 615 g/mol. The maximum absolute atomic E-state index is 13.8. The molecular weight excluding hydrogens is 580 g/mol. The van der Waals surface area contributed by atoms with Gasteiger partial charge in [0.15, 0.2) is 0 Å². The molecule has 42 heavy (non-hydrogen) atoms. The second-order valence-corrected chi connectivity index (χ2v) is 15.5. The number of fused-ring (bicyclic) bond motifs is 1. The molecule has 9 nitrogen and oxygen atoms in total. The highest BCUT2D eigenvalue weighted by Gasteiger charge is 2.55. The van der Waals surface area contributed by atoms with E-state index in [1.165, 1.54) is 44.4 Å². The van der Waals surface area contributed by atoms with Crippen molar-refractivity contribution in [1.29, 1.82) is 0 Å². The van der Waals surface area contributed by atoms with Crippen LogP contribution in [0.4, 0.5) is 0 Å². The fourth-order valence-electron chi connectivity index (χ4n) is 8.17. The van der Waals surface area contributed by atoms with Crippen molar-refractivity contribution in [3.05, 3.63) is 59.2 Å². The van der Waals surface area contributed by atoms with E-state index in [4.69, 9.17) is 4.74 Å². The van der Waals surface area contributed by atoms with Crippen LogP contribution in [0, 0.1) is 30.1 Å². The number of rotatable bonds is 7. The van der Waals surface area contributed by atoms with Crippen molar-refractivity contribution >= 4 is 37.0 Å². The number of esters is 1. The molecule has 4 aliphatic carbocycles. The summed E-state index contributed by atoms with van der Waals surface area (Å²) >= 11 is 0. The van der Waals surface area contributed by atoms with Crippen LogP contribution in [0.2, 0.25) is 0 Å². The molecule has 0 aliphatic heterocycles. The highest BCUT2D eigenvalue weighted by atomic mass is 32.2. The molecule has 0 saturated heterocycles. The van der Waals surface area contributed by atoms with Crippen LogP contribution in [-0.4, -0.2) is 37.0 Å². The van der Waals surface area contributed by atoms with Crippen molar-refractivity contribution < 1.29 is 40.6 Å². The number of aryl methyl sites for hydroxylation is 1. The lowest BCUT2D eigenvalue weighted by molar-refractivity contribution is -0.161. The molecule has 4 saturated carbocycles. The Morgan fingerprint density at radius 2 is 1.48 bits per heavy atom. The van der Waals surface area contributed by atoms with Gasteiger partial charge in [-0.3, -0.25) is 13.9 Å². The van der Waals surface area contributed by atoms with Crippen LogP contribution >= 0.6 is 0 Å². The lowest BCUT2D eigenvalue weighted by Crippen LogP contribution is -2.51. The Hall–Kier alpha value is -2.99. The van der Waals surface area contributed by atoms with E-state index >= 15 is 0 Å². The topological polar surface area (TPSA) is 155 Å². The Balaban J connectivity index is 1.37. The Bertz CT molecular complexity index is 1790. The van der Waals surface area contributed by atoms with Gasteiger partial charge in [-0.25, -0.2) is 0 Å². The van der Waals surface area contributed by atoms with Gasteiger partial charge in [0.2, 0.25) is 0 Å². The molecule has 3 aromatic carbocycles. The second kappa shape index (κ2) is 10.0. The number of hydrogen-bond donors (Lipinski definition) is 3. The summed E-state index contributed by atoms with van der Waals surface area (Å²) in [4.78, 5) is 13.2. The van der Waals surface area contributed by atoms with Crippen LogP contribution in [0.15, 0.2) is 52.3 Å². The maximum atomic E-state index is 13.8. The molecule has 7 rings (SSSR count). The zero-order chi connectivity index (χ0) is 30.2. The number of carbonyl (C=O) groups is 1. The Labute approximate surface area is 245 Å². The van der Waals surface area contributed by atoms with E-state index in [2.05, 4.69) is 0 Å². The van der Waals surface area contributed by atoms with Crippen molar-refractivity contribution in [1.82, 2.24) is 0 Å². The third-order valence-electron chi connectivity index (χ3n) is 9.63. The van der Waals surface area contributed by atoms with Crippen LogP contribution in [0.25, 0.3) is 10.8 Å². The maximum Gasteiger partial charge on any atom is 0.317 e. The number of ether oxygens (including phenoxy) is 1. The number of carbonyl (C=O) groups excluding carboxylic acids is 1. The molecular formula is C31H34O9S2. The summed E-state index contributed by atoms with van der Waals surface area (Å²) in [5.41, 5.74) is 0.771. The van der Waals surface area contributed by atoms with Gasteiger partial charge in [-0.15, -0.1) is 0 Å². The molecule has 224 valence electrons. The van der Waals surface area contributed by atoms with E-state index in [1.54, 1.807) is 18.2 Å². The minimum atomic E-state index is -4.57. The van der Waals surface area contributed by atoms with Crippen molar-refractivity contribution in [2.75, 3.05) is 0 Å². The van der Waals surface area contributed by atoms with Crippen LogP contribution in [0.5, 0.6) is 11.5 Å². The van der Waals surface area contributed by atoms with Gasteiger partial charge >= 0.3 is 5.97 Å². The zero-order valence-electron chi connectivity index (χ0n) is 23.4. The van der Waals surface area contributed by atoms with E-state index in [-0.39, 0.29) is 50.0 Å². The number of phenols is 1. The highest BCUT2D eigenvalue weighted by Crippen LogP contribution is 2.60. The van der Waals surface area contributed by atoms with Crippen LogP contribution in [-0.2, 0) is 31.5 Å². The van der Waals surface area contributed by atoms with Crippen LogP contribution < -0.4 is 4.74 Å². The van der Waals surface area contributed by atoms with E-state index in [1.807, 2.05) is 6.92 Å². The molecule has 3 N–H and O–H groups in total. The third-order valence-corrected chi connectivity index (χ3v) is 11.5. The highest BCUT2D eigenvalue weighted by molar-refractivity contribution is 7.86. The quantitative estimate of drug-likeness (QED) is 0.170. The molecule has 0 amide bonds. The third kappa shape index (κ3) is 5.21. The summed E-state index contributed by atoms with van der Waals surface area (Å²) in [6.45, 7) is 3.35. The Morgan fingerprint density at radius 1 is 0.881 bits per heavy atom. The SMILES string of the molecule is Cc1cc(OC(=O)C23CC4CC(CC(C4)C2)C3)c(C(C)Cc2ccc3c(O)ccc(S(=O)(=O)O)c3c2)cc1S(=O)(=O)O. The van der Waals surface area contributed by atoms with E-state index < -0.39 is 31.6 Å². The summed E-state index contributed by atoms with van der Waals surface area (Å²) in [5, 5.41) is 10.6. The predicted molar refractivity (Wildman–Crippen MR) is 155 cm³/mol. The largest absolute Gasteiger partial charge is 0.507 e. The number of aromatic hydroxyl groups is 1. The molecule has 4 aliphatic rings. The molecule has 11 heteroatoms. The summed E-state index contributed by atoms with van der Waals surface area (Å²) in [6.07, 6.45) is 6.20. The molecule has 0 heterocycles. The van der Waals surface area contributed by atoms with Gasteiger partial charge in [0.1, 0.15) is 16.4 Å². The molecule has 3 aromatic rings. The summed E-state index contributed by atoms with van der Waals surface area (Å²) in [5.74, 6) is 0.974. The molecule has 0 spiro atoms. The first kappa shape index (κ1) is 29.1. The minimum absolute atomic E-state index is 0.137. The van der Waals surface area contributed by atoms with Gasteiger partial charge in [-0.05, 0) is 123 Å². The van der Waals surface area contributed by atoms with E-state index in [0.29, 0.717) is 28.9 Å². The van der Waals surface area contributed by atoms with E-state index in [0.717, 1.165) is 25.3 Å². The smallest absolute Gasteiger partial charge is 0.317 e. The van der Waals surface area contributed by atoms with E-state index in [9.17, 15) is 35.8 Å². The first-order valence-corrected chi connectivity index (χ1v) is 17.1. The van der Waals surface area contributed by atoms with Crippen LogP contribution in [0.3, 0.4) is 0 Å². The molecule has 1 unspecified atom stereocenters. The first-order valence-electron chi connectivity index (χ1n) is 14.2. The molecule has 4 bridgehead atoms. The number of phenolic OH excluding ortho intramolecular Hbond substituents is 1.